The smallest absolute Gasteiger partial charge is 0.433 e. The van der Waals surface area contributed by atoms with Crippen molar-refractivity contribution in [3.8, 4) is 17.0 Å². The van der Waals surface area contributed by atoms with Crippen LogP contribution in [-0.4, -0.2) is 37.1 Å². The van der Waals surface area contributed by atoms with Crippen molar-refractivity contribution in [2.45, 2.75) is 49.5 Å². The number of fused-ring (bicyclic) bond motifs is 1. The van der Waals surface area contributed by atoms with Crippen LogP contribution in [0.15, 0.2) is 65.6 Å². The van der Waals surface area contributed by atoms with Crippen LogP contribution < -0.4 is 9.04 Å². The van der Waals surface area contributed by atoms with E-state index in [2.05, 4.69) is 4.98 Å². The van der Waals surface area contributed by atoms with Crippen LogP contribution in [0.4, 0.5) is 32.0 Å². The molecular formula is C28H24F6N2O5S. The van der Waals surface area contributed by atoms with Gasteiger partial charge in [0.25, 0.3) is 10.0 Å². The standard InChI is InChI=1S/C28H24F6N2O5S/c1-26(25(37)38)13-16(14-26)10-19-15-36(42(39,40)20-5-2-4-18(12-20)27(29,30)31)22-11-17(8-9-23(22)41-19)21-6-3-7-24(35-21)28(32,33)34/h2-9,11-12,16,19H,10,13-15H2,1H3,(H,37,38)/t16?,19-,26?/m0/s1. The second kappa shape index (κ2) is 10.2. The molecule has 0 saturated heterocycles. The predicted octanol–water partition coefficient (Wildman–Crippen LogP) is 6.63. The Morgan fingerprint density at radius 1 is 1.02 bits per heavy atom. The predicted molar refractivity (Wildman–Crippen MR) is 138 cm³/mol. The molecule has 1 fully saturated rings. The number of alkyl halides is 6. The van der Waals surface area contributed by atoms with E-state index >= 15 is 0 Å². The molecule has 0 spiro atoms. The van der Waals surface area contributed by atoms with Crippen molar-refractivity contribution < 1.29 is 49.4 Å². The van der Waals surface area contributed by atoms with Crippen LogP contribution in [0.3, 0.4) is 0 Å². The first kappa shape index (κ1) is 29.7. The van der Waals surface area contributed by atoms with Gasteiger partial charge in [0.2, 0.25) is 0 Å². The summed E-state index contributed by atoms with van der Waals surface area (Å²) in [4.78, 5) is 14.5. The van der Waals surface area contributed by atoms with Crippen molar-refractivity contribution in [2.24, 2.45) is 11.3 Å². The highest BCUT2D eigenvalue weighted by molar-refractivity contribution is 7.92. The van der Waals surface area contributed by atoms with Gasteiger partial charge in [0.1, 0.15) is 17.5 Å². The molecule has 2 aromatic carbocycles. The van der Waals surface area contributed by atoms with Gasteiger partial charge in [-0.05, 0) is 80.6 Å². The first-order valence-corrected chi connectivity index (χ1v) is 14.2. The number of nitrogens with zero attached hydrogens (tertiary/aromatic N) is 2. The largest absolute Gasteiger partial charge is 0.486 e. The van der Waals surface area contributed by atoms with Gasteiger partial charge in [0, 0.05) is 5.56 Å². The number of carboxylic acid groups (broad SMARTS) is 1. The summed E-state index contributed by atoms with van der Waals surface area (Å²) < 4.78 is 115. The summed E-state index contributed by atoms with van der Waals surface area (Å²) in [5.74, 6) is -0.986. The third kappa shape index (κ3) is 5.63. The Kier molecular flexibility index (Phi) is 7.19. The van der Waals surface area contributed by atoms with Gasteiger partial charge in [0.05, 0.1) is 33.8 Å². The fourth-order valence-corrected chi connectivity index (χ4v) is 7.01. The number of benzene rings is 2. The summed E-state index contributed by atoms with van der Waals surface area (Å²) in [5, 5.41) is 9.42. The first-order valence-electron chi connectivity index (χ1n) is 12.8. The lowest BCUT2D eigenvalue weighted by Crippen LogP contribution is -2.47. The van der Waals surface area contributed by atoms with Crippen LogP contribution in [0, 0.1) is 11.3 Å². The van der Waals surface area contributed by atoms with E-state index < -0.39 is 56.0 Å². The van der Waals surface area contributed by atoms with Gasteiger partial charge in [-0.2, -0.15) is 26.3 Å². The molecule has 1 saturated carbocycles. The molecule has 7 nitrogen and oxygen atoms in total. The molecule has 0 amide bonds. The highest BCUT2D eigenvalue weighted by atomic mass is 32.2. The van der Waals surface area contributed by atoms with E-state index in [-0.39, 0.29) is 41.6 Å². The second-order valence-electron chi connectivity index (χ2n) is 10.8. The lowest BCUT2D eigenvalue weighted by Gasteiger charge is -2.44. The maximum absolute atomic E-state index is 13.8. The molecule has 224 valence electrons. The zero-order valence-corrected chi connectivity index (χ0v) is 22.7. The van der Waals surface area contributed by atoms with Crippen LogP contribution in [-0.2, 0) is 27.2 Å². The third-order valence-corrected chi connectivity index (χ3v) is 9.34. The van der Waals surface area contributed by atoms with Gasteiger partial charge in [-0.1, -0.05) is 12.1 Å². The minimum absolute atomic E-state index is 0.0536. The second-order valence-corrected chi connectivity index (χ2v) is 12.6. The van der Waals surface area contributed by atoms with Gasteiger partial charge >= 0.3 is 18.3 Å². The molecule has 1 atom stereocenters. The van der Waals surface area contributed by atoms with Crippen molar-refractivity contribution in [1.29, 1.82) is 0 Å². The van der Waals surface area contributed by atoms with Crippen molar-refractivity contribution in [2.75, 3.05) is 10.8 Å². The van der Waals surface area contributed by atoms with Gasteiger partial charge < -0.3 is 9.84 Å². The van der Waals surface area contributed by atoms with Gasteiger partial charge in [-0.3, -0.25) is 9.10 Å². The molecule has 3 aromatic rings. The number of pyridine rings is 1. The molecule has 0 bridgehead atoms. The number of anilines is 1. The number of carbonyl (C=O) groups is 1. The van der Waals surface area contributed by atoms with Gasteiger partial charge in [-0.25, -0.2) is 13.4 Å². The molecule has 1 aliphatic heterocycles. The van der Waals surface area contributed by atoms with E-state index in [0.29, 0.717) is 18.9 Å². The SMILES string of the molecule is CC1(C(=O)O)CC(C[C@H]2CN(S(=O)(=O)c3cccc(C(F)(F)F)c3)c3cc(-c4cccc(C(F)(F)F)n4)ccc3O2)C1. The normalized spacial score (nSPS) is 22.6. The molecule has 1 aliphatic carbocycles. The fourth-order valence-electron chi connectivity index (χ4n) is 5.46. The maximum atomic E-state index is 13.8. The number of hydrogen-bond acceptors (Lipinski definition) is 5. The molecule has 0 unspecified atom stereocenters. The van der Waals surface area contributed by atoms with Gasteiger partial charge in [0.15, 0.2) is 0 Å². The Morgan fingerprint density at radius 3 is 2.36 bits per heavy atom. The van der Waals surface area contributed by atoms with Crippen molar-refractivity contribution in [3.05, 3.63) is 71.9 Å². The number of halogens is 6. The number of ether oxygens (including phenoxy) is 1. The van der Waals surface area contributed by atoms with Crippen LogP contribution in [0.25, 0.3) is 11.3 Å². The minimum atomic E-state index is -4.81. The maximum Gasteiger partial charge on any atom is 0.433 e. The van der Waals surface area contributed by atoms with Gasteiger partial charge in [-0.15, -0.1) is 0 Å². The zero-order valence-electron chi connectivity index (χ0n) is 21.9. The molecule has 1 N–H and O–H groups in total. The summed E-state index contributed by atoms with van der Waals surface area (Å²) in [6, 6.07) is 10.5. The molecule has 2 heterocycles. The van der Waals surface area contributed by atoms with E-state index in [9.17, 15) is 44.7 Å². The van der Waals surface area contributed by atoms with Crippen molar-refractivity contribution >= 4 is 21.7 Å². The summed E-state index contributed by atoms with van der Waals surface area (Å²) in [6.45, 7) is 1.29. The monoisotopic (exact) mass is 614 g/mol. The Morgan fingerprint density at radius 2 is 1.71 bits per heavy atom. The number of aromatic nitrogens is 1. The van der Waals surface area contributed by atoms with Crippen molar-refractivity contribution in [3.63, 3.8) is 0 Å². The minimum Gasteiger partial charge on any atom is -0.486 e. The summed E-state index contributed by atoms with van der Waals surface area (Å²) >= 11 is 0. The third-order valence-electron chi connectivity index (χ3n) is 7.57. The Bertz CT molecular complexity index is 1630. The quantitative estimate of drug-likeness (QED) is 0.313. The Hall–Kier alpha value is -3.81. The zero-order chi connectivity index (χ0) is 30.7. The topological polar surface area (TPSA) is 96.8 Å². The lowest BCUT2D eigenvalue weighted by molar-refractivity contribution is -0.157. The van der Waals surface area contributed by atoms with Crippen LogP contribution >= 0.6 is 0 Å². The number of rotatable bonds is 6. The molecule has 5 rings (SSSR count). The highest BCUT2D eigenvalue weighted by Gasteiger charge is 2.48. The average Bonchev–Trinajstić information content (AvgIpc) is 2.90. The van der Waals surface area contributed by atoms with E-state index in [1.165, 1.54) is 24.3 Å². The molecule has 2 aliphatic rings. The first-order chi connectivity index (χ1) is 19.5. The van der Waals surface area contributed by atoms with Crippen LogP contribution in [0.5, 0.6) is 5.75 Å². The lowest BCUT2D eigenvalue weighted by atomic mass is 9.61. The van der Waals surface area contributed by atoms with Crippen LogP contribution in [0.2, 0.25) is 0 Å². The molecule has 0 radical (unpaired) electrons. The molecular weight excluding hydrogens is 590 g/mol. The number of sulfonamides is 1. The Labute approximate surface area is 236 Å². The average molecular weight is 615 g/mol. The van der Waals surface area contributed by atoms with Crippen molar-refractivity contribution in [1.82, 2.24) is 4.98 Å². The summed E-state index contributed by atoms with van der Waals surface area (Å²) in [7, 11) is -4.62. The molecule has 1 aromatic heterocycles. The highest BCUT2D eigenvalue weighted by Crippen LogP contribution is 2.49. The molecule has 42 heavy (non-hydrogen) atoms. The number of aliphatic carboxylic acids is 1. The molecule has 14 heteroatoms. The van der Waals surface area contributed by atoms with E-state index in [1.54, 1.807) is 6.92 Å². The fraction of sp³-hybridized carbons (Fsp3) is 0.357. The number of carboxylic acids is 1. The van der Waals surface area contributed by atoms with E-state index in [1.807, 2.05) is 0 Å². The summed E-state index contributed by atoms with van der Waals surface area (Å²) in [5.41, 5.74) is -3.29. The van der Waals surface area contributed by atoms with E-state index in [0.717, 1.165) is 34.6 Å². The van der Waals surface area contributed by atoms with E-state index in [4.69, 9.17) is 4.74 Å². The Balaban J connectivity index is 1.54. The number of hydrogen-bond donors (Lipinski definition) is 1. The van der Waals surface area contributed by atoms with Crippen LogP contribution in [0.1, 0.15) is 37.4 Å². The summed E-state index contributed by atoms with van der Waals surface area (Å²) in [6.07, 6.45) is -9.32.